The molecule has 22 heavy (non-hydrogen) atoms. The first-order valence-electron chi connectivity index (χ1n) is 6.93. The minimum absolute atomic E-state index is 0.515. The molecule has 3 rings (SSSR count). The maximum absolute atomic E-state index is 5.75. The van der Waals surface area contributed by atoms with Crippen LogP contribution in [-0.4, -0.2) is 14.5 Å². The Kier molecular flexibility index (Phi) is 4.80. The van der Waals surface area contributed by atoms with E-state index >= 15 is 0 Å². The molecule has 2 heterocycles. The van der Waals surface area contributed by atoms with Gasteiger partial charge in [-0.3, -0.25) is 0 Å². The molecule has 1 aromatic carbocycles. The minimum atomic E-state index is 0.515. The zero-order valence-corrected chi connectivity index (χ0v) is 14.2. The maximum Gasteiger partial charge on any atom is 0.168 e. The molecule has 0 aliphatic carbocycles. The average Bonchev–Trinajstić information content (AvgIpc) is 3.13. The second-order valence-electron chi connectivity index (χ2n) is 4.94. The fraction of sp³-hybridized carbons (Fsp3) is 0.250. The molecule has 0 atom stereocenters. The average molecular weight is 331 g/mol. The molecule has 0 radical (unpaired) electrons. The van der Waals surface area contributed by atoms with Crippen LogP contribution in [0.4, 0.5) is 0 Å². The Morgan fingerprint density at radius 2 is 2.09 bits per heavy atom. The third-order valence-electron chi connectivity index (χ3n) is 3.11. The predicted molar refractivity (Wildman–Crippen MR) is 90.4 cm³/mol. The van der Waals surface area contributed by atoms with Crippen LogP contribution in [0.2, 0.25) is 0 Å². The Balaban J connectivity index is 1.52. The molecule has 0 N–H and O–H groups in total. The van der Waals surface area contributed by atoms with E-state index in [0.717, 1.165) is 27.4 Å². The van der Waals surface area contributed by atoms with Gasteiger partial charge in [0.15, 0.2) is 5.16 Å². The molecule has 0 fully saturated rings. The zero-order chi connectivity index (χ0) is 15.4. The highest BCUT2D eigenvalue weighted by atomic mass is 32.2. The summed E-state index contributed by atoms with van der Waals surface area (Å²) in [5.74, 6) is 1.70. The summed E-state index contributed by atoms with van der Waals surface area (Å²) in [4.78, 5) is 8.91. The zero-order valence-electron chi connectivity index (χ0n) is 12.5. The molecule has 0 unspecified atom stereocenters. The normalized spacial score (nSPS) is 10.8. The number of aryl methyl sites for hydroxylation is 2. The quantitative estimate of drug-likeness (QED) is 0.639. The largest absolute Gasteiger partial charge is 0.486 e. The molecule has 0 saturated heterocycles. The smallest absolute Gasteiger partial charge is 0.168 e. The molecule has 6 heteroatoms. The summed E-state index contributed by atoms with van der Waals surface area (Å²) in [6, 6.07) is 8.07. The van der Waals surface area contributed by atoms with E-state index in [-0.39, 0.29) is 0 Å². The van der Waals surface area contributed by atoms with Crippen LogP contribution in [-0.2, 0) is 19.4 Å². The van der Waals surface area contributed by atoms with Crippen molar-refractivity contribution in [3.05, 3.63) is 58.3 Å². The second-order valence-corrected chi connectivity index (χ2v) is 6.83. The van der Waals surface area contributed by atoms with Crippen molar-refractivity contribution in [1.82, 2.24) is 14.5 Å². The highest BCUT2D eigenvalue weighted by Gasteiger charge is 2.06. The molecule has 114 valence electrons. The van der Waals surface area contributed by atoms with Crippen molar-refractivity contribution in [1.29, 1.82) is 0 Å². The van der Waals surface area contributed by atoms with Crippen LogP contribution < -0.4 is 4.74 Å². The molecule has 2 aromatic heterocycles. The van der Waals surface area contributed by atoms with E-state index in [9.17, 15) is 0 Å². The number of thiazole rings is 1. The van der Waals surface area contributed by atoms with Crippen LogP contribution >= 0.6 is 23.1 Å². The third kappa shape index (κ3) is 3.90. The van der Waals surface area contributed by atoms with Gasteiger partial charge in [-0.1, -0.05) is 29.5 Å². The lowest BCUT2D eigenvalue weighted by molar-refractivity contribution is 0.305. The monoisotopic (exact) mass is 331 g/mol. The standard InChI is InChI=1S/C16H17N3OS2/c1-12-3-5-14(6-4-12)20-9-15-18-13(10-21-15)11-22-16-17-7-8-19(16)2/h3-8,10H,9,11H2,1-2H3. The first-order valence-corrected chi connectivity index (χ1v) is 8.80. The van der Waals surface area contributed by atoms with E-state index in [1.165, 1.54) is 5.56 Å². The van der Waals surface area contributed by atoms with E-state index in [0.29, 0.717) is 6.61 Å². The molecular formula is C16H17N3OS2. The maximum atomic E-state index is 5.75. The van der Waals surface area contributed by atoms with Crippen molar-refractivity contribution in [2.24, 2.45) is 7.05 Å². The van der Waals surface area contributed by atoms with Gasteiger partial charge < -0.3 is 9.30 Å². The van der Waals surface area contributed by atoms with E-state index in [2.05, 4.69) is 22.3 Å². The molecule has 0 spiro atoms. The lowest BCUT2D eigenvalue weighted by atomic mass is 10.2. The Hall–Kier alpha value is -1.79. The molecule has 4 nitrogen and oxygen atoms in total. The summed E-state index contributed by atoms with van der Waals surface area (Å²) < 4.78 is 7.77. The topological polar surface area (TPSA) is 39.9 Å². The van der Waals surface area contributed by atoms with Crippen molar-refractivity contribution in [2.75, 3.05) is 0 Å². The van der Waals surface area contributed by atoms with E-state index in [4.69, 9.17) is 4.74 Å². The number of thioether (sulfide) groups is 1. The summed E-state index contributed by atoms with van der Waals surface area (Å²) in [5.41, 5.74) is 2.30. The van der Waals surface area contributed by atoms with Crippen molar-refractivity contribution >= 4 is 23.1 Å². The predicted octanol–water partition coefficient (Wildman–Crippen LogP) is 4.06. The van der Waals surface area contributed by atoms with Gasteiger partial charge in [0.25, 0.3) is 0 Å². The molecule has 0 amide bonds. The summed E-state index contributed by atoms with van der Waals surface area (Å²) >= 11 is 3.33. The van der Waals surface area contributed by atoms with Gasteiger partial charge in [-0.15, -0.1) is 11.3 Å². The molecule has 0 saturated carbocycles. The van der Waals surface area contributed by atoms with Gasteiger partial charge in [-0.2, -0.15) is 0 Å². The summed E-state index contributed by atoms with van der Waals surface area (Å²) in [6.07, 6.45) is 3.76. The van der Waals surface area contributed by atoms with Gasteiger partial charge in [0.1, 0.15) is 17.4 Å². The van der Waals surface area contributed by atoms with Crippen LogP contribution in [0.1, 0.15) is 16.3 Å². The number of rotatable bonds is 6. The van der Waals surface area contributed by atoms with Gasteiger partial charge in [0.05, 0.1) is 5.69 Å². The molecule has 0 bridgehead atoms. The number of nitrogens with zero attached hydrogens (tertiary/aromatic N) is 3. The van der Waals surface area contributed by atoms with Crippen LogP contribution in [0.3, 0.4) is 0 Å². The number of hydrogen-bond donors (Lipinski definition) is 0. The van der Waals surface area contributed by atoms with Gasteiger partial charge in [-0.25, -0.2) is 9.97 Å². The van der Waals surface area contributed by atoms with Crippen molar-refractivity contribution < 1.29 is 4.74 Å². The summed E-state index contributed by atoms with van der Waals surface area (Å²) in [7, 11) is 2.00. The second kappa shape index (κ2) is 6.98. The lowest BCUT2D eigenvalue weighted by Crippen LogP contribution is -1.95. The van der Waals surface area contributed by atoms with Crippen LogP contribution in [0.25, 0.3) is 0 Å². The van der Waals surface area contributed by atoms with Crippen molar-refractivity contribution in [3.63, 3.8) is 0 Å². The van der Waals surface area contributed by atoms with Gasteiger partial charge in [-0.05, 0) is 19.1 Å². The number of hydrogen-bond acceptors (Lipinski definition) is 5. The van der Waals surface area contributed by atoms with E-state index < -0.39 is 0 Å². The fourth-order valence-corrected chi connectivity index (χ4v) is 3.53. The highest BCUT2D eigenvalue weighted by Crippen LogP contribution is 2.22. The highest BCUT2D eigenvalue weighted by molar-refractivity contribution is 7.98. The van der Waals surface area contributed by atoms with Gasteiger partial charge in [0.2, 0.25) is 0 Å². The summed E-state index contributed by atoms with van der Waals surface area (Å²) in [5, 5.41) is 4.09. The molecule has 0 aliphatic rings. The van der Waals surface area contributed by atoms with E-state index in [1.807, 2.05) is 48.3 Å². The number of aromatic nitrogens is 3. The number of benzene rings is 1. The SMILES string of the molecule is Cc1ccc(OCc2nc(CSc3nccn3C)cs2)cc1. The van der Waals surface area contributed by atoms with Gasteiger partial charge in [0, 0.05) is 30.6 Å². The first-order chi connectivity index (χ1) is 10.7. The van der Waals surface area contributed by atoms with Crippen molar-refractivity contribution in [3.8, 4) is 5.75 Å². The summed E-state index contributed by atoms with van der Waals surface area (Å²) in [6.45, 7) is 2.58. The van der Waals surface area contributed by atoms with Crippen molar-refractivity contribution in [2.45, 2.75) is 24.4 Å². The molecule has 0 aliphatic heterocycles. The van der Waals surface area contributed by atoms with Crippen LogP contribution in [0, 0.1) is 6.92 Å². The molecular weight excluding hydrogens is 314 g/mol. The van der Waals surface area contributed by atoms with Gasteiger partial charge >= 0.3 is 0 Å². The minimum Gasteiger partial charge on any atom is -0.486 e. The van der Waals surface area contributed by atoms with E-state index in [1.54, 1.807) is 23.1 Å². The Morgan fingerprint density at radius 3 is 2.82 bits per heavy atom. The lowest BCUT2D eigenvalue weighted by Gasteiger charge is -2.03. The Morgan fingerprint density at radius 1 is 1.27 bits per heavy atom. The first kappa shape index (κ1) is 15.1. The number of ether oxygens (including phenoxy) is 1. The Labute approximate surface area is 138 Å². The van der Waals surface area contributed by atoms with Crippen LogP contribution in [0.5, 0.6) is 5.75 Å². The Bertz CT molecular complexity index is 734. The fourth-order valence-electron chi connectivity index (χ4n) is 1.89. The third-order valence-corrected chi connectivity index (χ3v) is 5.07. The number of imidazole rings is 1. The van der Waals surface area contributed by atoms with Crippen LogP contribution in [0.15, 0.2) is 47.2 Å². The molecule has 3 aromatic rings.